The van der Waals surface area contributed by atoms with Crippen molar-refractivity contribution in [2.24, 2.45) is 0 Å². The summed E-state index contributed by atoms with van der Waals surface area (Å²) in [5, 5.41) is 0. The molecule has 0 bridgehead atoms. The van der Waals surface area contributed by atoms with Gasteiger partial charge in [0.25, 0.3) is 0 Å². The Morgan fingerprint density at radius 2 is 1.91 bits per heavy atom. The molecule has 0 aliphatic carbocycles. The Bertz CT molecular complexity index is 312. The van der Waals surface area contributed by atoms with Crippen LogP contribution in [0.5, 0.6) is 0 Å². The maximum absolute atomic E-state index is 3.92. The monoisotopic (exact) mass is 145 g/mol. The third-order valence-electron chi connectivity index (χ3n) is 1.49. The minimum atomic E-state index is 1.04. The van der Waals surface area contributed by atoms with Crippen molar-refractivity contribution in [1.29, 1.82) is 0 Å². The summed E-state index contributed by atoms with van der Waals surface area (Å²) in [5.74, 6) is 0. The Morgan fingerprint density at radius 1 is 1.09 bits per heavy atom. The third-order valence-corrected chi connectivity index (χ3v) is 1.49. The van der Waals surface area contributed by atoms with E-state index in [4.69, 9.17) is 0 Å². The summed E-state index contributed by atoms with van der Waals surface area (Å²) in [6, 6.07) is 1.98. The van der Waals surface area contributed by atoms with E-state index in [2.05, 4.69) is 15.0 Å². The molecule has 0 saturated carbocycles. The fourth-order valence-corrected chi connectivity index (χ4v) is 0.952. The molecule has 0 aromatic carbocycles. The first-order chi connectivity index (χ1) is 5.47. The summed E-state index contributed by atoms with van der Waals surface area (Å²) in [7, 11) is 0. The number of aromatic amines is 1. The van der Waals surface area contributed by atoms with Crippen LogP contribution in [-0.4, -0.2) is 15.0 Å². The maximum atomic E-state index is 3.92. The quantitative estimate of drug-likeness (QED) is 0.660. The van der Waals surface area contributed by atoms with Crippen LogP contribution in [0.15, 0.2) is 37.2 Å². The van der Waals surface area contributed by atoms with Gasteiger partial charge in [0.05, 0.1) is 0 Å². The summed E-state index contributed by atoms with van der Waals surface area (Å²) in [4.78, 5) is 10.8. The lowest BCUT2D eigenvalue weighted by molar-refractivity contribution is 1.17. The third kappa shape index (κ3) is 1.12. The second kappa shape index (κ2) is 2.54. The average Bonchev–Trinajstić information content (AvgIpc) is 2.58. The summed E-state index contributed by atoms with van der Waals surface area (Å²) >= 11 is 0. The van der Waals surface area contributed by atoms with Gasteiger partial charge in [0.15, 0.2) is 0 Å². The predicted octanol–water partition coefficient (Wildman–Crippen LogP) is 1.47. The minimum Gasteiger partial charge on any atom is -0.367 e. The van der Waals surface area contributed by atoms with E-state index in [1.54, 1.807) is 12.4 Å². The number of nitrogens with one attached hydrogen (secondary N) is 1. The highest BCUT2D eigenvalue weighted by molar-refractivity contribution is 5.59. The van der Waals surface area contributed by atoms with Crippen LogP contribution in [0.2, 0.25) is 0 Å². The van der Waals surface area contributed by atoms with Gasteiger partial charge in [-0.2, -0.15) is 0 Å². The van der Waals surface area contributed by atoms with E-state index in [9.17, 15) is 0 Å². The molecule has 0 fully saturated rings. The highest BCUT2D eigenvalue weighted by atomic mass is 14.8. The van der Waals surface area contributed by atoms with E-state index in [1.165, 1.54) is 6.33 Å². The van der Waals surface area contributed by atoms with Gasteiger partial charge in [-0.1, -0.05) is 0 Å². The zero-order chi connectivity index (χ0) is 7.52. The molecule has 2 heterocycles. The molecule has 11 heavy (non-hydrogen) atoms. The molecule has 3 nitrogen and oxygen atoms in total. The standard InChI is InChI=1S/C8H7N3/c1-2-9-3-7(1)8-4-10-6-11-5-8/h1-6,9H. The van der Waals surface area contributed by atoms with E-state index < -0.39 is 0 Å². The van der Waals surface area contributed by atoms with Crippen molar-refractivity contribution in [3.05, 3.63) is 37.2 Å². The van der Waals surface area contributed by atoms with Crippen LogP contribution in [0.1, 0.15) is 0 Å². The smallest absolute Gasteiger partial charge is 0.115 e. The van der Waals surface area contributed by atoms with Gasteiger partial charge in [-0.05, 0) is 6.07 Å². The second-order valence-electron chi connectivity index (χ2n) is 2.23. The van der Waals surface area contributed by atoms with Crippen molar-refractivity contribution in [2.45, 2.75) is 0 Å². The largest absolute Gasteiger partial charge is 0.367 e. The molecule has 54 valence electrons. The normalized spacial score (nSPS) is 9.82. The first-order valence-electron chi connectivity index (χ1n) is 3.35. The second-order valence-corrected chi connectivity index (χ2v) is 2.23. The lowest BCUT2D eigenvalue weighted by Gasteiger charge is -1.91. The minimum absolute atomic E-state index is 1.04. The van der Waals surface area contributed by atoms with Gasteiger partial charge in [0.2, 0.25) is 0 Å². The van der Waals surface area contributed by atoms with Crippen LogP contribution in [0.25, 0.3) is 11.1 Å². The van der Waals surface area contributed by atoms with Gasteiger partial charge in [0, 0.05) is 35.9 Å². The fraction of sp³-hybridized carbons (Fsp3) is 0. The molecule has 0 radical (unpaired) electrons. The molecule has 0 aliphatic heterocycles. The molecule has 2 rings (SSSR count). The topological polar surface area (TPSA) is 41.6 Å². The molecule has 2 aromatic heterocycles. The van der Waals surface area contributed by atoms with E-state index in [0.717, 1.165) is 11.1 Å². The molecular weight excluding hydrogens is 138 g/mol. The van der Waals surface area contributed by atoms with Gasteiger partial charge in [0.1, 0.15) is 6.33 Å². The Hall–Kier alpha value is -1.64. The number of hydrogen-bond donors (Lipinski definition) is 1. The Labute approximate surface area is 64.1 Å². The molecule has 3 heteroatoms. The number of rotatable bonds is 1. The lowest BCUT2D eigenvalue weighted by Crippen LogP contribution is -1.78. The van der Waals surface area contributed by atoms with Crippen molar-refractivity contribution in [1.82, 2.24) is 15.0 Å². The highest BCUT2D eigenvalue weighted by Gasteiger charge is 1.94. The Balaban J connectivity index is 2.46. The van der Waals surface area contributed by atoms with E-state index in [1.807, 2.05) is 18.5 Å². The summed E-state index contributed by atoms with van der Waals surface area (Å²) in [6.45, 7) is 0. The molecule has 2 aromatic rings. The number of nitrogens with zero attached hydrogens (tertiary/aromatic N) is 2. The summed E-state index contributed by atoms with van der Waals surface area (Å²) in [5.41, 5.74) is 2.15. The van der Waals surface area contributed by atoms with Crippen LogP contribution < -0.4 is 0 Å². The number of hydrogen-bond acceptors (Lipinski definition) is 2. The molecule has 1 N–H and O–H groups in total. The molecule has 0 spiro atoms. The Morgan fingerprint density at radius 3 is 2.55 bits per heavy atom. The lowest BCUT2D eigenvalue weighted by atomic mass is 10.2. The van der Waals surface area contributed by atoms with E-state index >= 15 is 0 Å². The van der Waals surface area contributed by atoms with Gasteiger partial charge >= 0.3 is 0 Å². The van der Waals surface area contributed by atoms with Crippen molar-refractivity contribution in [2.75, 3.05) is 0 Å². The van der Waals surface area contributed by atoms with Gasteiger partial charge < -0.3 is 4.98 Å². The van der Waals surface area contributed by atoms with Crippen molar-refractivity contribution < 1.29 is 0 Å². The maximum Gasteiger partial charge on any atom is 0.115 e. The SMILES string of the molecule is c1ncc(-c2cc[nH]c2)cn1. The van der Waals surface area contributed by atoms with Crippen LogP contribution in [0.4, 0.5) is 0 Å². The summed E-state index contributed by atoms with van der Waals surface area (Å²) < 4.78 is 0. The van der Waals surface area contributed by atoms with Crippen LogP contribution in [0, 0.1) is 0 Å². The summed E-state index contributed by atoms with van der Waals surface area (Å²) in [6.07, 6.45) is 8.89. The van der Waals surface area contributed by atoms with Gasteiger partial charge in [-0.3, -0.25) is 0 Å². The zero-order valence-electron chi connectivity index (χ0n) is 5.86. The van der Waals surface area contributed by atoms with E-state index in [-0.39, 0.29) is 0 Å². The predicted molar refractivity (Wildman–Crippen MR) is 41.8 cm³/mol. The molecule has 0 aliphatic rings. The van der Waals surface area contributed by atoms with E-state index in [0.29, 0.717) is 0 Å². The average molecular weight is 145 g/mol. The highest BCUT2D eigenvalue weighted by Crippen LogP contribution is 2.14. The number of aromatic nitrogens is 3. The molecule has 0 amide bonds. The molecule has 0 unspecified atom stereocenters. The van der Waals surface area contributed by atoms with Crippen LogP contribution in [-0.2, 0) is 0 Å². The first-order valence-corrected chi connectivity index (χ1v) is 3.35. The number of H-pyrrole nitrogens is 1. The van der Waals surface area contributed by atoms with Crippen molar-refractivity contribution >= 4 is 0 Å². The van der Waals surface area contributed by atoms with Crippen molar-refractivity contribution in [3.63, 3.8) is 0 Å². The fourth-order valence-electron chi connectivity index (χ4n) is 0.952. The molecule has 0 atom stereocenters. The zero-order valence-corrected chi connectivity index (χ0v) is 5.86. The van der Waals surface area contributed by atoms with Crippen molar-refractivity contribution in [3.8, 4) is 11.1 Å². The Kier molecular flexibility index (Phi) is 1.41. The first kappa shape index (κ1) is 6.09. The van der Waals surface area contributed by atoms with Crippen LogP contribution in [0.3, 0.4) is 0 Å². The molecule has 0 saturated heterocycles. The van der Waals surface area contributed by atoms with Crippen LogP contribution >= 0.6 is 0 Å². The molecular formula is C8H7N3. The van der Waals surface area contributed by atoms with Gasteiger partial charge in [-0.25, -0.2) is 9.97 Å². The van der Waals surface area contributed by atoms with Gasteiger partial charge in [-0.15, -0.1) is 0 Å².